The largest absolute Gasteiger partial charge is 0.310 e. The van der Waals surface area contributed by atoms with E-state index in [4.69, 9.17) is 0 Å². The van der Waals surface area contributed by atoms with Gasteiger partial charge in [0.05, 0.1) is 0 Å². The molecule has 0 radical (unpaired) electrons. The topological polar surface area (TPSA) is 6.48 Å². The van der Waals surface area contributed by atoms with Crippen molar-refractivity contribution >= 4 is 34.1 Å². The molecule has 4 aliphatic rings. The molecule has 0 saturated carbocycles. The summed E-state index contributed by atoms with van der Waals surface area (Å²) < 4.78 is 0. The quantitative estimate of drug-likeness (QED) is 0.120. The predicted octanol–water partition coefficient (Wildman–Crippen LogP) is 28.3. The number of anilines is 6. The molecule has 4 aliphatic carbocycles. The van der Waals surface area contributed by atoms with E-state index in [2.05, 4.69) is 440 Å². The summed E-state index contributed by atoms with van der Waals surface area (Å²) in [5, 5.41) is 0. The summed E-state index contributed by atoms with van der Waals surface area (Å²) in [7, 11) is 0. The van der Waals surface area contributed by atoms with Crippen LogP contribution in [0, 0.1) is 0 Å². The summed E-state index contributed by atoms with van der Waals surface area (Å²) in [6, 6.07) is 143. The van der Waals surface area contributed by atoms with Crippen LogP contribution >= 0.6 is 0 Å². The standard InChI is InChI=1S/2C53H41N/c1-52(2)49-27-15-24-43(38-18-8-5-9-19-38)51(49)46-33-32-42(35-50(46)52)54(40-30-28-37(29-31-40)36-16-6-4-7-17-36)41-21-14-20-39(34-41)53(3)47-25-12-10-22-44(47)45-23-11-13-26-48(45)53;1-52(2)48-21-10-7-18-44(48)47-33-32-43(35-51(47)52)54(41-30-28-39(29-31-41)38-26-24-37(25-27-38)36-14-5-4-6-15-36)42-17-13-16-40(34-42)53(3)49-22-11-8-19-45(49)46-20-9-12-23-50(46)53/h2*4-35H,1-3H3. The molecule has 0 atom stereocenters. The molecule has 108 heavy (non-hydrogen) atoms. The van der Waals surface area contributed by atoms with Gasteiger partial charge in [-0.05, 0) is 231 Å². The number of fused-ring (bicyclic) bond motifs is 12. The SMILES string of the molecule is CC1(C)c2cc(N(c3ccc(-c4ccccc4)cc3)c3cccc(C4(C)c5ccccc5-c5ccccc54)c3)ccc2-c2c(-c3ccccc3)cccc21.CC1(C)c2ccccc2-c2ccc(N(c3ccc(-c4ccc(-c5ccccc5)cc4)cc3)c3cccc(C4(C)c5ccccc5-c5ccccc54)c3)cc21. The monoisotopic (exact) mass is 1380 g/mol. The molecule has 0 unspecified atom stereocenters. The second kappa shape index (κ2) is 26.0. The van der Waals surface area contributed by atoms with E-state index in [0.717, 1.165) is 34.1 Å². The van der Waals surface area contributed by atoms with Crippen LogP contribution in [0.5, 0.6) is 0 Å². The molecule has 0 N–H and O–H groups in total. The number of hydrogen-bond donors (Lipinski definition) is 0. The van der Waals surface area contributed by atoms with Gasteiger partial charge in [-0.2, -0.15) is 0 Å². The van der Waals surface area contributed by atoms with Crippen LogP contribution < -0.4 is 9.80 Å². The molecule has 0 aliphatic heterocycles. The average Bonchev–Trinajstić information content (AvgIpc) is 1.57. The molecule has 0 fully saturated rings. The van der Waals surface area contributed by atoms with Gasteiger partial charge >= 0.3 is 0 Å². The minimum absolute atomic E-state index is 0.101. The molecule has 0 amide bonds. The van der Waals surface area contributed by atoms with Crippen molar-refractivity contribution in [3.63, 3.8) is 0 Å². The van der Waals surface area contributed by atoms with E-state index >= 15 is 0 Å². The summed E-state index contributed by atoms with van der Waals surface area (Å²) in [5.74, 6) is 0. The first kappa shape index (κ1) is 65.9. The average molecular weight is 1380 g/mol. The van der Waals surface area contributed by atoms with Gasteiger partial charge in [0.25, 0.3) is 0 Å². The van der Waals surface area contributed by atoms with Crippen LogP contribution in [-0.4, -0.2) is 0 Å². The van der Waals surface area contributed by atoms with Crippen LogP contribution in [0.4, 0.5) is 34.1 Å². The third-order valence-electron chi connectivity index (χ3n) is 24.3. The highest BCUT2D eigenvalue weighted by molar-refractivity contribution is 5.95. The van der Waals surface area contributed by atoms with Crippen LogP contribution in [-0.2, 0) is 21.7 Å². The maximum absolute atomic E-state index is 2.45. The van der Waals surface area contributed by atoms with Crippen LogP contribution in [0.15, 0.2) is 388 Å². The molecule has 16 aromatic carbocycles. The van der Waals surface area contributed by atoms with Gasteiger partial charge in [0.15, 0.2) is 0 Å². The zero-order valence-corrected chi connectivity index (χ0v) is 61.8. The smallest absolute Gasteiger partial charge is 0.0465 e. The molecule has 2 nitrogen and oxygen atoms in total. The van der Waals surface area contributed by atoms with Crippen molar-refractivity contribution in [2.75, 3.05) is 9.80 Å². The zero-order chi connectivity index (χ0) is 72.9. The van der Waals surface area contributed by atoms with Gasteiger partial charge in [-0.1, -0.05) is 343 Å². The number of hydrogen-bond acceptors (Lipinski definition) is 2. The van der Waals surface area contributed by atoms with E-state index < -0.39 is 0 Å². The molecule has 516 valence electrons. The van der Waals surface area contributed by atoms with Crippen molar-refractivity contribution in [2.24, 2.45) is 0 Å². The molecule has 0 spiro atoms. The van der Waals surface area contributed by atoms with E-state index in [1.165, 1.54) is 145 Å². The van der Waals surface area contributed by atoms with E-state index in [0.29, 0.717) is 0 Å². The van der Waals surface area contributed by atoms with Gasteiger partial charge in [0, 0.05) is 55.8 Å². The van der Waals surface area contributed by atoms with Gasteiger partial charge in [-0.25, -0.2) is 0 Å². The Bertz CT molecular complexity index is 6030. The van der Waals surface area contributed by atoms with Gasteiger partial charge in [0.2, 0.25) is 0 Å². The first-order valence-corrected chi connectivity index (χ1v) is 38.0. The summed E-state index contributed by atoms with van der Waals surface area (Å²) in [6.45, 7) is 14.3. The van der Waals surface area contributed by atoms with Crippen LogP contribution in [0.1, 0.15) is 97.2 Å². The first-order chi connectivity index (χ1) is 52.8. The van der Waals surface area contributed by atoms with Crippen molar-refractivity contribution in [1.82, 2.24) is 0 Å². The Morgan fingerprint density at radius 1 is 0.167 bits per heavy atom. The summed E-state index contributed by atoms with van der Waals surface area (Å²) in [5.41, 5.74) is 39.9. The molecule has 0 heterocycles. The van der Waals surface area contributed by atoms with Crippen LogP contribution in [0.3, 0.4) is 0 Å². The van der Waals surface area contributed by atoms with Gasteiger partial charge < -0.3 is 9.80 Å². The highest BCUT2D eigenvalue weighted by Gasteiger charge is 2.44. The Kier molecular flexibility index (Phi) is 15.9. The van der Waals surface area contributed by atoms with Crippen LogP contribution in [0.2, 0.25) is 0 Å². The van der Waals surface area contributed by atoms with Crippen molar-refractivity contribution in [3.8, 4) is 89.0 Å². The Balaban J connectivity index is 0.000000147. The lowest BCUT2D eigenvalue weighted by Gasteiger charge is -2.32. The fourth-order valence-corrected chi connectivity index (χ4v) is 18.7. The van der Waals surface area contributed by atoms with Gasteiger partial charge in [-0.3, -0.25) is 0 Å². The van der Waals surface area contributed by atoms with E-state index in [-0.39, 0.29) is 21.7 Å². The van der Waals surface area contributed by atoms with Crippen molar-refractivity contribution in [1.29, 1.82) is 0 Å². The third-order valence-corrected chi connectivity index (χ3v) is 24.3. The lowest BCUT2D eigenvalue weighted by atomic mass is 9.74. The molecule has 20 rings (SSSR count). The fourth-order valence-electron chi connectivity index (χ4n) is 18.7. The molecular weight excluding hydrogens is 1300 g/mol. The minimum Gasteiger partial charge on any atom is -0.310 e. The Morgan fingerprint density at radius 2 is 0.435 bits per heavy atom. The summed E-state index contributed by atoms with van der Waals surface area (Å²) in [6.07, 6.45) is 0. The Labute approximate surface area is 635 Å². The van der Waals surface area contributed by atoms with E-state index in [1.807, 2.05) is 0 Å². The normalized spacial score (nSPS) is 14.1. The second-order valence-corrected chi connectivity index (χ2v) is 31.0. The first-order valence-electron chi connectivity index (χ1n) is 38.0. The zero-order valence-electron chi connectivity index (χ0n) is 61.8. The summed E-state index contributed by atoms with van der Waals surface area (Å²) in [4.78, 5) is 4.90. The lowest BCUT2D eigenvalue weighted by Crippen LogP contribution is -2.23. The van der Waals surface area contributed by atoms with Gasteiger partial charge in [0.1, 0.15) is 0 Å². The van der Waals surface area contributed by atoms with E-state index in [9.17, 15) is 0 Å². The van der Waals surface area contributed by atoms with Crippen molar-refractivity contribution < 1.29 is 0 Å². The Hall–Kier alpha value is -12.9. The highest BCUT2D eigenvalue weighted by Crippen LogP contribution is 2.58. The van der Waals surface area contributed by atoms with Crippen molar-refractivity contribution in [2.45, 2.75) is 63.2 Å². The minimum atomic E-state index is -0.290. The number of nitrogens with zero attached hydrogens (tertiary/aromatic N) is 2. The number of benzene rings is 16. The molecule has 0 aromatic heterocycles. The molecule has 2 heteroatoms. The second-order valence-electron chi connectivity index (χ2n) is 31.0. The van der Waals surface area contributed by atoms with Gasteiger partial charge in [-0.15, -0.1) is 0 Å². The maximum Gasteiger partial charge on any atom is 0.0465 e. The molecule has 0 saturated heterocycles. The van der Waals surface area contributed by atoms with Crippen LogP contribution in [0.25, 0.3) is 89.0 Å². The van der Waals surface area contributed by atoms with E-state index in [1.54, 1.807) is 0 Å². The molecule has 0 bridgehead atoms. The fraction of sp³-hybridized carbons (Fsp3) is 0.0943. The highest BCUT2D eigenvalue weighted by atomic mass is 15.1. The predicted molar refractivity (Wildman–Crippen MR) is 454 cm³/mol. The number of rotatable bonds is 12. The summed E-state index contributed by atoms with van der Waals surface area (Å²) >= 11 is 0. The maximum atomic E-state index is 2.45. The third kappa shape index (κ3) is 10.7. The molecule has 16 aromatic rings. The lowest BCUT2D eigenvalue weighted by molar-refractivity contribution is 0.660. The van der Waals surface area contributed by atoms with Crippen molar-refractivity contribution in [3.05, 3.63) is 444 Å². The Morgan fingerprint density at radius 3 is 0.852 bits per heavy atom. The molecular formula is C106H82N2.